The average Bonchev–Trinajstić information content (AvgIpc) is 3.03. The first-order valence-corrected chi connectivity index (χ1v) is 15.5. The predicted octanol–water partition coefficient (Wildman–Crippen LogP) is 7.88. The van der Waals surface area contributed by atoms with Crippen molar-refractivity contribution < 1.29 is 9.90 Å². The number of rotatable bonds is 11. The van der Waals surface area contributed by atoms with Crippen LogP contribution in [0.3, 0.4) is 0 Å². The van der Waals surface area contributed by atoms with Crippen LogP contribution in [-0.4, -0.2) is 51.3 Å². The Hall–Kier alpha value is -4.20. The first-order chi connectivity index (χ1) is 21.1. The highest BCUT2D eigenvalue weighted by Crippen LogP contribution is 2.30. The number of thiocarbonyl (C=S) groups is 1. The summed E-state index contributed by atoms with van der Waals surface area (Å²) in [5.41, 5.74) is 4.51. The molecule has 0 aromatic heterocycles. The second kappa shape index (κ2) is 15.3. The van der Waals surface area contributed by atoms with Crippen molar-refractivity contribution in [3.63, 3.8) is 0 Å². The normalized spacial score (nSPS) is 16.5. The van der Waals surface area contributed by atoms with Gasteiger partial charge in [-0.25, -0.2) is 4.79 Å². The van der Waals surface area contributed by atoms with Gasteiger partial charge in [0.1, 0.15) is 0 Å². The predicted molar refractivity (Wildman–Crippen MR) is 179 cm³/mol. The third-order valence-electron chi connectivity index (χ3n) is 8.09. The summed E-state index contributed by atoms with van der Waals surface area (Å²) < 4.78 is 0. The molecule has 1 saturated heterocycles. The average molecular weight is 593 g/mol. The minimum atomic E-state index is -0.842. The first kappa shape index (κ1) is 30.3. The lowest BCUT2D eigenvalue weighted by atomic mass is 9.92. The number of likely N-dealkylation sites (tertiary alicyclic amines) is 1. The number of nitrogens with one attached hydrogen (secondary N) is 1. The van der Waals surface area contributed by atoms with Gasteiger partial charge in [0.2, 0.25) is 0 Å². The lowest BCUT2D eigenvalue weighted by Crippen LogP contribution is -2.54. The van der Waals surface area contributed by atoms with Crippen molar-refractivity contribution in [3.8, 4) is 0 Å². The molecule has 0 saturated carbocycles. The number of piperidine rings is 1. The molecular weight excluding hydrogens is 552 g/mol. The van der Waals surface area contributed by atoms with Crippen LogP contribution in [0.15, 0.2) is 121 Å². The molecule has 222 valence electrons. The number of para-hydroxylation sites is 2. The van der Waals surface area contributed by atoms with Crippen molar-refractivity contribution in [3.05, 3.63) is 132 Å². The Kier molecular flexibility index (Phi) is 10.8. The lowest BCUT2D eigenvalue weighted by Gasteiger charge is -2.43. The van der Waals surface area contributed by atoms with Crippen LogP contribution in [0.5, 0.6) is 0 Å². The molecule has 7 heteroatoms. The summed E-state index contributed by atoms with van der Waals surface area (Å²) >= 11 is 5.96. The Morgan fingerprint density at radius 2 is 1.35 bits per heavy atom. The molecule has 1 amide bonds. The van der Waals surface area contributed by atoms with E-state index in [9.17, 15) is 9.90 Å². The molecule has 1 fully saturated rings. The quantitative estimate of drug-likeness (QED) is 0.173. The van der Waals surface area contributed by atoms with Gasteiger partial charge in [-0.2, -0.15) is 0 Å². The van der Waals surface area contributed by atoms with Crippen molar-refractivity contribution in [2.45, 2.75) is 50.9 Å². The van der Waals surface area contributed by atoms with E-state index in [1.54, 1.807) is 4.90 Å². The number of hydrogen-bond acceptors (Lipinski definition) is 3. The Morgan fingerprint density at radius 1 is 0.814 bits per heavy atom. The van der Waals surface area contributed by atoms with Crippen molar-refractivity contribution >= 4 is 34.8 Å². The van der Waals surface area contributed by atoms with Gasteiger partial charge in [-0.15, -0.1) is 0 Å². The molecule has 4 aromatic carbocycles. The van der Waals surface area contributed by atoms with Crippen LogP contribution in [-0.2, 0) is 13.1 Å². The topological polar surface area (TPSA) is 59.1 Å². The number of carboxylic acid groups (broad SMARTS) is 1. The highest BCUT2D eigenvalue weighted by molar-refractivity contribution is 7.80. The van der Waals surface area contributed by atoms with Crippen LogP contribution in [0.25, 0.3) is 0 Å². The Balaban J connectivity index is 1.29. The van der Waals surface area contributed by atoms with Crippen LogP contribution in [0.4, 0.5) is 16.2 Å². The van der Waals surface area contributed by atoms with Crippen molar-refractivity contribution in [2.24, 2.45) is 0 Å². The van der Waals surface area contributed by atoms with E-state index in [2.05, 4.69) is 75.8 Å². The second-order valence-corrected chi connectivity index (χ2v) is 11.5. The largest absolute Gasteiger partial charge is 0.465 e. The van der Waals surface area contributed by atoms with Crippen molar-refractivity contribution in [1.29, 1.82) is 0 Å². The van der Waals surface area contributed by atoms with E-state index >= 15 is 0 Å². The number of hydrogen-bond donors (Lipinski definition) is 2. The van der Waals surface area contributed by atoms with Crippen LogP contribution in [0.1, 0.15) is 36.8 Å². The molecule has 5 rings (SSSR count). The minimum absolute atomic E-state index is 0.0800. The number of benzene rings is 4. The van der Waals surface area contributed by atoms with Crippen LogP contribution in [0, 0.1) is 0 Å². The Morgan fingerprint density at radius 3 is 1.91 bits per heavy atom. The van der Waals surface area contributed by atoms with E-state index in [0.29, 0.717) is 18.1 Å². The molecule has 4 aromatic rings. The summed E-state index contributed by atoms with van der Waals surface area (Å²) in [5.74, 6) is 0. The maximum absolute atomic E-state index is 12.3. The van der Waals surface area contributed by atoms with E-state index in [1.807, 2.05) is 60.7 Å². The van der Waals surface area contributed by atoms with E-state index < -0.39 is 6.09 Å². The van der Waals surface area contributed by atoms with E-state index in [4.69, 9.17) is 12.2 Å². The van der Waals surface area contributed by atoms with Gasteiger partial charge in [0.05, 0.1) is 0 Å². The highest BCUT2D eigenvalue weighted by atomic mass is 32.1. The maximum atomic E-state index is 12.3. The zero-order valence-corrected chi connectivity index (χ0v) is 25.3. The summed E-state index contributed by atoms with van der Waals surface area (Å²) in [6.45, 7) is 3.08. The molecule has 2 N–H and O–H groups in total. The standard InChI is InChI=1S/C36H40N4O2S/c41-36(42)39-25-23-34(40(32-20-11-4-12-21-32)35(43)37-31-18-9-3-10-19-31)26-33(39)22-13-24-38(27-29-14-5-1-6-15-29)28-30-16-7-2-8-17-30/h1-12,14-21,33-34H,13,22-28H2,(H,37,43)(H,41,42)/t33?,34-/m0/s1. The Bertz CT molecular complexity index is 1380. The number of nitrogens with zero attached hydrogens (tertiary/aromatic N) is 3. The molecule has 1 heterocycles. The van der Waals surface area contributed by atoms with Gasteiger partial charge in [-0.3, -0.25) is 4.90 Å². The van der Waals surface area contributed by atoms with E-state index in [1.165, 1.54) is 11.1 Å². The zero-order valence-electron chi connectivity index (χ0n) is 24.5. The monoisotopic (exact) mass is 592 g/mol. The second-order valence-electron chi connectivity index (χ2n) is 11.1. The smallest absolute Gasteiger partial charge is 0.407 e. The fourth-order valence-corrected chi connectivity index (χ4v) is 6.40. The summed E-state index contributed by atoms with van der Waals surface area (Å²) in [7, 11) is 0. The summed E-state index contributed by atoms with van der Waals surface area (Å²) in [5, 5.41) is 14.2. The van der Waals surface area contributed by atoms with Gasteiger partial charge in [0.15, 0.2) is 5.11 Å². The van der Waals surface area contributed by atoms with Gasteiger partial charge in [-0.05, 0) is 79.8 Å². The molecule has 0 radical (unpaired) electrons. The molecular formula is C36H40N4O2S. The van der Waals surface area contributed by atoms with Crippen molar-refractivity contribution in [1.82, 2.24) is 9.80 Å². The fraction of sp³-hybridized carbons (Fsp3) is 0.278. The molecule has 43 heavy (non-hydrogen) atoms. The third-order valence-corrected chi connectivity index (χ3v) is 8.39. The number of anilines is 2. The highest BCUT2D eigenvalue weighted by Gasteiger charge is 2.35. The van der Waals surface area contributed by atoms with Gasteiger partial charge >= 0.3 is 6.09 Å². The molecule has 1 unspecified atom stereocenters. The third kappa shape index (κ3) is 8.66. The fourth-order valence-electron chi connectivity index (χ4n) is 6.03. The SMILES string of the molecule is O=C(O)N1CC[C@H](N(C(=S)Nc2ccccc2)c2ccccc2)CC1CCCN(Cc1ccccc1)Cc1ccccc1. The molecule has 2 atom stereocenters. The summed E-state index contributed by atoms with van der Waals surface area (Å²) in [6, 6.07) is 41.2. The summed E-state index contributed by atoms with van der Waals surface area (Å²) in [6.07, 6.45) is 2.28. The first-order valence-electron chi connectivity index (χ1n) is 15.1. The van der Waals surface area contributed by atoms with E-state index in [0.717, 1.165) is 50.3 Å². The number of carbonyl (C=O) groups is 1. The van der Waals surface area contributed by atoms with Crippen LogP contribution >= 0.6 is 12.2 Å². The number of amides is 1. The molecule has 6 nitrogen and oxygen atoms in total. The van der Waals surface area contributed by atoms with Gasteiger partial charge in [0, 0.05) is 43.1 Å². The Labute approximate surface area is 260 Å². The zero-order chi connectivity index (χ0) is 29.9. The molecule has 0 spiro atoms. The van der Waals surface area contributed by atoms with Crippen LogP contribution < -0.4 is 10.2 Å². The van der Waals surface area contributed by atoms with E-state index in [-0.39, 0.29) is 12.1 Å². The molecule has 0 aliphatic carbocycles. The van der Waals surface area contributed by atoms with Crippen LogP contribution in [0.2, 0.25) is 0 Å². The van der Waals surface area contributed by atoms with Gasteiger partial charge in [-0.1, -0.05) is 97.1 Å². The van der Waals surface area contributed by atoms with Gasteiger partial charge < -0.3 is 20.2 Å². The lowest BCUT2D eigenvalue weighted by molar-refractivity contribution is 0.0955. The van der Waals surface area contributed by atoms with Gasteiger partial charge in [0.25, 0.3) is 0 Å². The molecule has 1 aliphatic rings. The summed E-state index contributed by atoms with van der Waals surface area (Å²) in [4.78, 5) is 18.6. The maximum Gasteiger partial charge on any atom is 0.407 e. The molecule has 0 bridgehead atoms. The minimum Gasteiger partial charge on any atom is -0.465 e. The molecule has 1 aliphatic heterocycles. The van der Waals surface area contributed by atoms with Crippen molar-refractivity contribution in [2.75, 3.05) is 23.3 Å².